The first-order valence-electron chi connectivity index (χ1n) is 9.92. The van der Waals surface area contributed by atoms with Crippen molar-refractivity contribution in [3.05, 3.63) is 11.7 Å². The Morgan fingerprint density at radius 3 is 2.67 bits per heavy atom. The molecule has 1 saturated carbocycles. The molecule has 27 heavy (non-hydrogen) atoms. The Bertz CT molecular complexity index is 584. The minimum absolute atomic E-state index is 0. The molecular weight excluding hydrogens is 459 g/mol. The van der Waals surface area contributed by atoms with Crippen LogP contribution in [0.15, 0.2) is 9.52 Å². The normalized spacial score (nSPS) is 20.2. The van der Waals surface area contributed by atoms with E-state index >= 15 is 0 Å². The topological polar surface area (TPSA) is 87.8 Å². The van der Waals surface area contributed by atoms with Crippen LogP contribution in [-0.4, -0.2) is 59.3 Å². The van der Waals surface area contributed by atoms with E-state index in [1.807, 2.05) is 13.8 Å². The minimum Gasteiger partial charge on any atom is -0.371 e. The summed E-state index contributed by atoms with van der Waals surface area (Å²) in [5, 5.41) is 10.8. The van der Waals surface area contributed by atoms with E-state index in [2.05, 4.69) is 37.6 Å². The molecule has 0 amide bonds. The van der Waals surface area contributed by atoms with Crippen LogP contribution in [0, 0.1) is 0 Å². The number of guanidine groups is 1. The third kappa shape index (κ3) is 6.86. The summed E-state index contributed by atoms with van der Waals surface area (Å²) in [7, 11) is 0. The molecule has 1 atom stereocenters. The number of hydrogen-bond donors (Lipinski definition) is 2. The Kier molecular flexibility index (Phi) is 9.24. The third-order valence-corrected chi connectivity index (χ3v) is 4.91. The Morgan fingerprint density at radius 2 is 2.04 bits per heavy atom. The first-order valence-corrected chi connectivity index (χ1v) is 9.92. The van der Waals surface area contributed by atoms with Crippen molar-refractivity contribution in [3.63, 3.8) is 0 Å². The molecule has 1 aliphatic heterocycles. The minimum atomic E-state index is -0.163. The van der Waals surface area contributed by atoms with Crippen LogP contribution in [0.1, 0.15) is 64.3 Å². The molecule has 1 unspecified atom stereocenters. The maximum absolute atomic E-state index is 5.49. The quantitative estimate of drug-likeness (QED) is 0.328. The zero-order valence-electron chi connectivity index (χ0n) is 16.6. The van der Waals surface area contributed by atoms with Crippen molar-refractivity contribution in [3.8, 4) is 0 Å². The Morgan fingerprint density at radius 1 is 1.30 bits per heavy atom. The van der Waals surface area contributed by atoms with Crippen molar-refractivity contribution in [1.29, 1.82) is 0 Å². The highest BCUT2D eigenvalue weighted by molar-refractivity contribution is 14.0. The Labute approximate surface area is 178 Å². The summed E-state index contributed by atoms with van der Waals surface area (Å²) in [6.07, 6.45) is 4.94. The lowest BCUT2D eigenvalue weighted by Gasteiger charge is -2.33. The van der Waals surface area contributed by atoms with Crippen molar-refractivity contribution in [2.75, 3.05) is 26.2 Å². The van der Waals surface area contributed by atoms with Gasteiger partial charge in [0.15, 0.2) is 11.8 Å². The molecule has 154 valence electrons. The van der Waals surface area contributed by atoms with E-state index in [4.69, 9.17) is 9.26 Å². The van der Waals surface area contributed by atoms with Crippen LogP contribution < -0.4 is 10.6 Å². The van der Waals surface area contributed by atoms with Gasteiger partial charge in [-0.05, 0) is 46.5 Å². The summed E-state index contributed by atoms with van der Waals surface area (Å²) in [6.45, 7) is 10.1. The second kappa shape index (κ2) is 11.2. The molecule has 9 heteroatoms. The van der Waals surface area contributed by atoms with Crippen LogP contribution in [0.2, 0.25) is 0 Å². The number of likely N-dealkylation sites (tertiary alicyclic amines) is 1. The summed E-state index contributed by atoms with van der Waals surface area (Å²) in [5.74, 6) is 1.89. The number of ether oxygens (including phenoxy) is 1. The van der Waals surface area contributed by atoms with Crippen LogP contribution in [0.25, 0.3) is 0 Å². The van der Waals surface area contributed by atoms with Gasteiger partial charge in [-0.25, -0.2) is 4.99 Å². The molecule has 0 radical (unpaired) electrons. The zero-order valence-corrected chi connectivity index (χ0v) is 18.9. The first kappa shape index (κ1) is 22.4. The summed E-state index contributed by atoms with van der Waals surface area (Å²) < 4.78 is 10.8. The first-order chi connectivity index (χ1) is 12.7. The average Bonchev–Trinajstić information content (AvgIpc) is 3.38. The summed E-state index contributed by atoms with van der Waals surface area (Å²) >= 11 is 0. The van der Waals surface area contributed by atoms with E-state index in [1.165, 1.54) is 25.9 Å². The van der Waals surface area contributed by atoms with Crippen LogP contribution >= 0.6 is 24.0 Å². The van der Waals surface area contributed by atoms with Crippen LogP contribution in [0.3, 0.4) is 0 Å². The second-order valence-corrected chi connectivity index (χ2v) is 7.02. The van der Waals surface area contributed by atoms with Crippen LogP contribution in [-0.2, 0) is 11.3 Å². The predicted molar refractivity (Wildman–Crippen MR) is 115 cm³/mol. The van der Waals surface area contributed by atoms with Crippen molar-refractivity contribution >= 4 is 29.9 Å². The fraction of sp³-hybridized carbons (Fsp3) is 0.833. The highest BCUT2D eigenvalue weighted by Gasteiger charge is 2.31. The van der Waals surface area contributed by atoms with Gasteiger partial charge in [-0.15, -0.1) is 24.0 Å². The standard InChI is InChI=1S/C18H32N6O2.HI/c1-4-19-18(21-14-8-10-24(11-9-14)15-6-7-15)20-12-16-22-17(23-26-16)13(3)25-5-2;/h13-15H,4-12H2,1-3H3,(H2,19,20,21);1H. The fourth-order valence-electron chi connectivity index (χ4n) is 3.33. The van der Waals surface area contributed by atoms with Crippen molar-refractivity contribution < 1.29 is 9.26 Å². The van der Waals surface area contributed by atoms with Gasteiger partial charge < -0.3 is 24.8 Å². The van der Waals surface area contributed by atoms with Gasteiger partial charge in [-0.3, -0.25) is 0 Å². The molecule has 3 rings (SSSR count). The molecule has 1 aliphatic carbocycles. The van der Waals surface area contributed by atoms with E-state index in [9.17, 15) is 0 Å². The Balaban J connectivity index is 0.00000261. The number of aromatic nitrogens is 2. The molecular formula is C18H33IN6O2. The highest BCUT2D eigenvalue weighted by Crippen LogP contribution is 2.29. The summed E-state index contributed by atoms with van der Waals surface area (Å²) in [5.41, 5.74) is 0. The number of nitrogens with one attached hydrogen (secondary N) is 2. The fourth-order valence-corrected chi connectivity index (χ4v) is 3.33. The zero-order chi connectivity index (χ0) is 18.4. The SMILES string of the molecule is CCNC(=NCc1nc(C(C)OCC)no1)NC1CCN(C2CC2)CC1.I. The molecule has 1 saturated heterocycles. The molecule has 2 aliphatic rings. The molecule has 2 fully saturated rings. The summed E-state index contributed by atoms with van der Waals surface area (Å²) in [6, 6.07) is 1.34. The van der Waals surface area contributed by atoms with Crippen LogP contribution in [0.5, 0.6) is 0 Å². The second-order valence-electron chi connectivity index (χ2n) is 7.02. The Hall–Kier alpha value is -0.940. The summed E-state index contributed by atoms with van der Waals surface area (Å²) in [4.78, 5) is 11.6. The maximum atomic E-state index is 5.49. The molecule has 2 heterocycles. The largest absolute Gasteiger partial charge is 0.371 e. The van der Waals surface area contributed by atoms with Gasteiger partial charge in [0.2, 0.25) is 5.89 Å². The molecule has 0 aromatic carbocycles. The van der Waals surface area contributed by atoms with E-state index in [0.717, 1.165) is 31.4 Å². The molecule has 0 bridgehead atoms. The van der Waals surface area contributed by atoms with Gasteiger partial charge in [-0.1, -0.05) is 5.16 Å². The van der Waals surface area contributed by atoms with Gasteiger partial charge >= 0.3 is 0 Å². The number of nitrogens with zero attached hydrogens (tertiary/aromatic N) is 4. The lowest BCUT2D eigenvalue weighted by molar-refractivity contribution is 0.0683. The van der Waals surface area contributed by atoms with E-state index in [1.54, 1.807) is 0 Å². The maximum Gasteiger partial charge on any atom is 0.248 e. The van der Waals surface area contributed by atoms with E-state index < -0.39 is 0 Å². The lowest BCUT2D eigenvalue weighted by Crippen LogP contribution is -2.49. The molecule has 0 spiro atoms. The van der Waals surface area contributed by atoms with Gasteiger partial charge in [0, 0.05) is 38.3 Å². The monoisotopic (exact) mass is 492 g/mol. The molecule has 8 nitrogen and oxygen atoms in total. The average molecular weight is 492 g/mol. The number of piperidine rings is 1. The van der Waals surface area contributed by atoms with Gasteiger partial charge in [0.05, 0.1) is 0 Å². The van der Waals surface area contributed by atoms with Gasteiger partial charge in [-0.2, -0.15) is 4.98 Å². The van der Waals surface area contributed by atoms with Crippen molar-refractivity contribution in [2.45, 2.75) is 71.2 Å². The number of halogens is 1. The molecule has 1 aromatic heterocycles. The van der Waals surface area contributed by atoms with E-state index in [-0.39, 0.29) is 30.1 Å². The highest BCUT2D eigenvalue weighted by atomic mass is 127. The number of hydrogen-bond acceptors (Lipinski definition) is 6. The molecule has 1 aromatic rings. The van der Waals surface area contributed by atoms with Crippen LogP contribution in [0.4, 0.5) is 0 Å². The van der Waals surface area contributed by atoms with Crippen molar-refractivity contribution in [1.82, 2.24) is 25.7 Å². The van der Waals surface area contributed by atoms with Crippen molar-refractivity contribution in [2.24, 2.45) is 4.99 Å². The lowest BCUT2D eigenvalue weighted by atomic mass is 10.1. The third-order valence-electron chi connectivity index (χ3n) is 4.91. The van der Waals surface area contributed by atoms with Gasteiger partial charge in [0.25, 0.3) is 0 Å². The van der Waals surface area contributed by atoms with Gasteiger partial charge in [0.1, 0.15) is 12.6 Å². The predicted octanol–water partition coefficient (Wildman–Crippen LogP) is 2.47. The number of rotatable bonds is 8. The molecule has 2 N–H and O–H groups in total. The van der Waals surface area contributed by atoms with E-state index in [0.29, 0.717) is 30.9 Å². The smallest absolute Gasteiger partial charge is 0.248 e. The number of aliphatic imine (C=N–C) groups is 1.